The van der Waals surface area contributed by atoms with Gasteiger partial charge in [-0.05, 0) is 107 Å². The van der Waals surface area contributed by atoms with Gasteiger partial charge >= 0.3 is 0 Å². The van der Waals surface area contributed by atoms with Crippen LogP contribution < -0.4 is 20.7 Å². The minimum atomic E-state index is -0.900. The summed E-state index contributed by atoms with van der Waals surface area (Å²) in [5.74, 6) is -0.0521. The molecule has 6 N–H and O–H groups in total. The van der Waals surface area contributed by atoms with Crippen LogP contribution in [0.5, 0.6) is 17.2 Å². The Morgan fingerprint density at radius 3 is 1.96 bits per heavy atom. The number of aliphatic hydroxyl groups excluding tert-OH is 1. The lowest BCUT2D eigenvalue weighted by molar-refractivity contribution is -0.144. The SMILES string of the molecule is CCC(=C(c1ccc(O)cc1)c1ccc(OCCNC(=O)CCCCCCC(=O)NC(C(=O)N2C[C@H](O)C[C@H]2C(=O)NCc2ccc(-c3scnc3C)cc2)C(C)(C)C)cc1)c1ccc(O)cc1. The Hall–Kier alpha value is -6.51. The third kappa shape index (κ3) is 14.0. The van der Waals surface area contributed by atoms with Crippen molar-refractivity contribution in [1.82, 2.24) is 25.8 Å². The fraction of sp³-hybridized carbons (Fsp3) is 0.389. The zero-order chi connectivity index (χ0) is 48.8. The number of aliphatic hydroxyl groups is 1. The van der Waals surface area contributed by atoms with Crippen LogP contribution in [0.25, 0.3) is 21.6 Å². The third-order valence-electron chi connectivity index (χ3n) is 12.1. The van der Waals surface area contributed by atoms with Crippen LogP contribution in [-0.4, -0.2) is 86.7 Å². The van der Waals surface area contributed by atoms with Crippen LogP contribution in [0.3, 0.4) is 0 Å². The summed E-state index contributed by atoms with van der Waals surface area (Å²) in [6.45, 7) is 10.6. The Morgan fingerprint density at radius 1 is 0.794 bits per heavy atom. The number of carbonyl (C=O) groups excluding carboxylic acids is 4. The number of aryl methyl sites for hydroxylation is 1. The van der Waals surface area contributed by atoms with Gasteiger partial charge in [-0.1, -0.05) is 101 Å². The van der Waals surface area contributed by atoms with E-state index in [1.165, 1.54) is 4.90 Å². The second kappa shape index (κ2) is 24.0. The van der Waals surface area contributed by atoms with Gasteiger partial charge in [-0.15, -0.1) is 11.3 Å². The van der Waals surface area contributed by atoms with E-state index >= 15 is 0 Å². The van der Waals surface area contributed by atoms with Gasteiger partial charge in [-0.2, -0.15) is 0 Å². The maximum absolute atomic E-state index is 14.0. The number of likely N-dealkylation sites (tertiary alicyclic amines) is 1. The molecule has 5 aromatic rings. The summed E-state index contributed by atoms with van der Waals surface area (Å²) in [6.07, 6.45) is 3.31. The van der Waals surface area contributed by atoms with Crippen LogP contribution >= 0.6 is 11.3 Å². The summed E-state index contributed by atoms with van der Waals surface area (Å²) in [5, 5.41) is 39.2. The first-order valence-corrected chi connectivity index (χ1v) is 24.4. The number of hydrogen-bond donors (Lipinski definition) is 6. The van der Waals surface area contributed by atoms with Crippen molar-refractivity contribution >= 4 is 46.1 Å². The van der Waals surface area contributed by atoms with E-state index in [2.05, 4.69) is 27.9 Å². The molecule has 0 saturated carbocycles. The number of carbonyl (C=O) groups is 4. The van der Waals surface area contributed by atoms with Gasteiger partial charge in [0.05, 0.1) is 28.7 Å². The highest BCUT2D eigenvalue weighted by Crippen LogP contribution is 2.36. The zero-order valence-corrected chi connectivity index (χ0v) is 40.5. The van der Waals surface area contributed by atoms with E-state index in [4.69, 9.17) is 4.74 Å². The molecule has 0 spiro atoms. The highest BCUT2D eigenvalue weighted by atomic mass is 32.1. The maximum atomic E-state index is 14.0. The molecule has 3 atom stereocenters. The lowest BCUT2D eigenvalue weighted by Crippen LogP contribution is -2.57. The van der Waals surface area contributed by atoms with Crippen molar-refractivity contribution in [1.29, 1.82) is 0 Å². The van der Waals surface area contributed by atoms with E-state index in [0.717, 1.165) is 68.8 Å². The molecule has 4 aromatic carbocycles. The van der Waals surface area contributed by atoms with E-state index in [1.807, 2.05) is 106 Å². The number of hydrogen-bond acceptors (Lipinski definition) is 10. The van der Waals surface area contributed by atoms with Crippen molar-refractivity contribution < 1.29 is 39.2 Å². The first kappa shape index (κ1) is 50.9. The minimum Gasteiger partial charge on any atom is -0.508 e. The second-order valence-electron chi connectivity index (χ2n) is 18.4. The van der Waals surface area contributed by atoms with Crippen molar-refractivity contribution in [3.63, 3.8) is 0 Å². The normalized spacial score (nSPS) is 15.6. The Labute approximate surface area is 403 Å². The monoisotopic (exact) mass is 943 g/mol. The summed E-state index contributed by atoms with van der Waals surface area (Å²) >= 11 is 1.57. The molecule has 2 heterocycles. The highest BCUT2D eigenvalue weighted by molar-refractivity contribution is 7.13. The van der Waals surface area contributed by atoms with Gasteiger partial charge in [0.2, 0.25) is 23.6 Å². The average Bonchev–Trinajstić information content (AvgIpc) is 3.94. The number of phenolic OH excluding ortho intramolecular Hbond substituents is 2. The number of phenols is 2. The van der Waals surface area contributed by atoms with Crippen LogP contribution in [0.2, 0.25) is 0 Å². The molecular weight excluding hydrogens is 879 g/mol. The Kier molecular flexibility index (Phi) is 17.9. The lowest BCUT2D eigenvalue weighted by atomic mass is 9.85. The van der Waals surface area contributed by atoms with Crippen molar-refractivity contribution in [3.05, 3.63) is 131 Å². The molecule has 14 heteroatoms. The molecule has 6 rings (SSSR count). The molecule has 1 saturated heterocycles. The van der Waals surface area contributed by atoms with Gasteiger partial charge in [0.1, 0.15) is 35.9 Å². The molecule has 4 amide bonds. The van der Waals surface area contributed by atoms with E-state index in [1.54, 1.807) is 35.6 Å². The lowest BCUT2D eigenvalue weighted by Gasteiger charge is -2.35. The van der Waals surface area contributed by atoms with Gasteiger partial charge < -0.3 is 40.9 Å². The van der Waals surface area contributed by atoms with E-state index in [-0.39, 0.29) is 55.2 Å². The number of ether oxygens (including phenoxy) is 1. The van der Waals surface area contributed by atoms with Crippen molar-refractivity contribution in [3.8, 4) is 27.7 Å². The molecule has 13 nitrogen and oxygen atoms in total. The topological polar surface area (TPSA) is 190 Å². The van der Waals surface area contributed by atoms with Crippen molar-refractivity contribution in [2.24, 2.45) is 5.41 Å². The van der Waals surface area contributed by atoms with Gasteiger partial charge in [0.25, 0.3) is 0 Å². The van der Waals surface area contributed by atoms with E-state index in [0.29, 0.717) is 38.2 Å². The number of unbranched alkanes of at least 4 members (excludes halogenated alkanes) is 3. The van der Waals surface area contributed by atoms with Gasteiger partial charge in [-0.25, -0.2) is 4.98 Å². The summed E-state index contributed by atoms with van der Waals surface area (Å²) < 4.78 is 5.95. The highest BCUT2D eigenvalue weighted by Gasteiger charge is 2.44. The molecule has 0 aliphatic carbocycles. The Bertz CT molecular complexity index is 2500. The first-order chi connectivity index (χ1) is 32.6. The predicted molar refractivity (Wildman–Crippen MR) is 267 cm³/mol. The molecule has 68 heavy (non-hydrogen) atoms. The number of aromatic hydroxyl groups is 2. The van der Waals surface area contributed by atoms with Crippen LogP contribution in [0.15, 0.2) is 103 Å². The van der Waals surface area contributed by atoms with E-state index < -0.39 is 29.5 Å². The number of allylic oxidation sites excluding steroid dienone is 1. The summed E-state index contributed by atoms with van der Waals surface area (Å²) in [6, 6.07) is 28.1. The maximum Gasteiger partial charge on any atom is 0.246 e. The third-order valence-corrected chi connectivity index (χ3v) is 13.1. The summed E-state index contributed by atoms with van der Waals surface area (Å²) in [7, 11) is 0. The van der Waals surface area contributed by atoms with Crippen LogP contribution in [0.1, 0.15) is 107 Å². The van der Waals surface area contributed by atoms with Crippen molar-refractivity contribution in [2.45, 2.75) is 111 Å². The standard InChI is InChI=1S/C54H65N5O8S/c1-6-45(37-17-23-41(60)24-18-37)49(38-19-25-42(61)26-20-38)39-21-27-44(28-22-39)67-30-29-55-47(63)11-9-7-8-10-12-48(64)58-51(54(3,4)5)53(66)59-33-43(62)31-46(59)52(65)56-32-36-13-15-40(16-14-36)50-35(2)57-34-68-50/h13-28,34,43,46,51,60-62H,6-12,29-33H2,1-5H3,(H,55,63)(H,56,65)(H,58,64)/t43-,46+,51?/m1/s1. The summed E-state index contributed by atoms with van der Waals surface area (Å²) in [4.78, 5) is 60.0. The smallest absolute Gasteiger partial charge is 0.246 e. The van der Waals surface area contributed by atoms with Gasteiger partial charge in [0, 0.05) is 32.4 Å². The Morgan fingerprint density at radius 2 is 1.38 bits per heavy atom. The molecule has 1 aliphatic heterocycles. The quantitative estimate of drug-likeness (QED) is 0.0309. The number of rotatable bonds is 21. The first-order valence-electron chi connectivity index (χ1n) is 23.5. The number of amides is 4. The van der Waals surface area contributed by atoms with Crippen LogP contribution in [0.4, 0.5) is 0 Å². The molecule has 360 valence electrons. The summed E-state index contributed by atoms with van der Waals surface area (Å²) in [5.41, 5.74) is 9.08. The number of nitrogens with one attached hydrogen (secondary N) is 3. The molecule has 0 bridgehead atoms. The van der Waals surface area contributed by atoms with Gasteiger partial charge in [0.15, 0.2) is 0 Å². The van der Waals surface area contributed by atoms with E-state index in [9.17, 15) is 34.5 Å². The average molecular weight is 944 g/mol. The van der Waals surface area contributed by atoms with Crippen LogP contribution in [-0.2, 0) is 25.7 Å². The second-order valence-corrected chi connectivity index (χ2v) is 19.2. The molecule has 0 radical (unpaired) electrons. The van der Waals surface area contributed by atoms with Gasteiger partial charge in [-0.3, -0.25) is 19.2 Å². The zero-order valence-electron chi connectivity index (χ0n) is 39.7. The number of β-amino-alcohol motifs (C(OH)–C–C–N with tert-alkyl or cyclic N) is 1. The fourth-order valence-corrected chi connectivity index (χ4v) is 9.25. The molecule has 1 unspecified atom stereocenters. The number of nitrogens with zero attached hydrogens (tertiary/aromatic N) is 2. The molecule has 1 aliphatic rings. The number of benzene rings is 4. The van der Waals surface area contributed by atoms with Crippen molar-refractivity contribution in [2.75, 3.05) is 19.7 Å². The number of thiazole rings is 1. The molecule has 1 fully saturated rings. The molecule has 1 aromatic heterocycles. The Balaban J connectivity index is 0.893. The minimum absolute atomic E-state index is 0.00359. The number of aromatic nitrogens is 1. The largest absolute Gasteiger partial charge is 0.508 e. The molecular formula is C54H65N5O8S. The fourth-order valence-electron chi connectivity index (χ4n) is 8.43. The van der Waals surface area contributed by atoms with Crippen LogP contribution in [0, 0.1) is 12.3 Å². The predicted octanol–water partition coefficient (Wildman–Crippen LogP) is 8.54.